The highest BCUT2D eigenvalue weighted by Crippen LogP contribution is 2.45. The van der Waals surface area contributed by atoms with Gasteiger partial charge >= 0.3 is 5.97 Å². The average molecular weight is 314 g/mol. The van der Waals surface area contributed by atoms with Gasteiger partial charge in [-0.15, -0.1) is 0 Å². The van der Waals surface area contributed by atoms with Crippen molar-refractivity contribution in [3.8, 4) is 5.75 Å². The molecule has 23 heavy (non-hydrogen) atoms. The molecule has 124 valence electrons. The van der Waals surface area contributed by atoms with Crippen LogP contribution < -0.4 is 4.74 Å². The minimum Gasteiger partial charge on any atom is -0.461 e. The molecule has 0 saturated heterocycles. The fourth-order valence-electron chi connectivity index (χ4n) is 2.41. The van der Waals surface area contributed by atoms with Crippen LogP contribution in [-0.4, -0.2) is 5.97 Å². The molecule has 0 saturated carbocycles. The van der Waals surface area contributed by atoms with Gasteiger partial charge < -0.3 is 9.47 Å². The van der Waals surface area contributed by atoms with Gasteiger partial charge in [-0.1, -0.05) is 29.8 Å². The first kappa shape index (κ1) is 17.3. The Morgan fingerprint density at radius 3 is 2.52 bits per heavy atom. The Labute approximate surface area is 139 Å². The van der Waals surface area contributed by atoms with Crippen molar-refractivity contribution >= 4 is 5.97 Å². The molecule has 1 atom stereocenters. The third kappa shape index (κ3) is 3.66. The zero-order valence-corrected chi connectivity index (χ0v) is 14.9. The van der Waals surface area contributed by atoms with Crippen molar-refractivity contribution in [3.63, 3.8) is 0 Å². The predicted molar refractivity (Wildman–Crippen MR) is 92.1 cm³/mol. The quantitative estimate of drug-likeness (QED) is 0.573. The summed E-state index contributed by atoms with van der Waals surface area (Å²) in [6, 6.07) is 7.90. The Balaban J connectivity index is 2.43. The van der Waals surface area contributed by atoms with Crippen LogP contribution in [0, 0.1) is 5.41 Å². The van der Waals surface area contributed by atoms with Gasteiger partial charge in [0.25, 0.3) is 0 Å². The lowest BCUT2D eigenvalue weighted by molar-refractivity contribution is -0.150. The van der Waals surface area contributed by atoms with Crippen LogP contribution in [0.1, 0.15) is 53.5 Å². The maximum Gasteiger partial charge on any atom is 0.316 e. The molecule has 1 aliphatic heterocycles. The van der Waals surface area contributed by atoms with Crippen molar-refractivity contribution in [3.05, 3.63) is 53.5 Å². The van der Waals surface area contributed by atoms with Gasteiger partial charge in [0.2, 0.25) is 0 Å². The summed E-state index contributed by atoms with van der Waals surface area (Å²) in [5.41, 5.74) is 1.29. The van der Waals surface area contributed by atoms with Crippen LogP contribution in [0.4, 0.5) is 0 Å². The third-order valence-electron chi connectivity index (χ3n) is 4.05. The molecule has 3 nitrogen and oxygen atoms in total. The summed E-state index contributed by atoms with van der Waals surface area (Å²) in [6.07, 6.45) is 4.49. The lowest BCUT2D eigenvalue weighted by Gasteiger charge is -2.36. The SMILES string of the molecule is CC(C)=CC[C@]1(C)C(OC(=O)C(C)(C)C)=COc2ccccc21. The number of allylic oxidation sites excluding steroid dienone is 3. The number of ether oxygens (including phenoxy) is 2. The molecule has 1 aliphatic rings. The van der Waals surface area contributed by atoms with E-state index in [4.69, 9.17) is 9.47 Å². The fraction of sp³-hybridized carbons (Fsp3) is 0.450. The predicted octanol–water partition coefficient (Wildman–Crippen LogP) is 5.12. The van der Waals surface area contributed by atoms with Gasteiger partial charge in [0.1, 0.15) is 12.0 Å². The van der Waals surface area contributed by atoms with Crippen molar-refractivity contribution in [2.24, 2.45) is 5.41 Å². The number of fused-ring (bicyclic) bond motifs is 1. The number of carbonyl (C=O) groups excluding carboxylic acids is 1. The summed E-state index contributed by atoms with van der Waals surface area (Å²) in [5, 5.41) is 0. The summed E-state index contributed by atoms with van der Waals surface area (Å²) in [5.74, 6) is 1.12. The van der Waals surface area contributed by atoms with Crippen molar-refractivity contribution in [1.29, 1.82) is 0 Å². The standard InChI is InChI=1S/C20H26O3/c1-14(2)11-12-20(6)15-9-7-8-10-16(15)22-13-17(20)23-18(21)19(3,4)5/h7-11,13H,12H2,1-6H3/t20-/m0/s1. The zero-order chi connectivity index (χ0) is 17.3. The molecule has 0 unspecified atom stereocenters. The molecule has 1 aromatic carbocycles. The van der Waals surface area contributed by atoms with E-state index in [1.807, 2.05) is 45.0 Å². The van der Waals surface area contributed by atoms with Crippen LogP contribution in [-0.2, 0) is 14.9 Å². The van der Waals surface area contributed by atoms with Gasteiger partial charge in [-0.2, -0.15) is 0 Å². The third-order valence-corrected chi connectivity index (χ3v) is 4.05. The highest BCUT2D eigenvalue weighted by Gasteiger charge is 2.40. The van der Waals surface area contributed by atoms with E-state index in [1.54, 1.807) is 6.26 Å². The second kappa shape index (κ2) is 6.23. The van der Waals surface area contributed by atoms with Gasteiger partial charge in [-0.05, 0) is 54.0 Å². The maximum absolute atomic E-state index is 12.3. The lowest BCUT2D eigenvalue weighted by Crippen LogP contribution is -2.33. The van der Waals surface area contributed by atoms with E-state index in [0.29, 0.717) is 5.76 Å². The number of hydrogen-bond acceptors (Lipinski definition) is 3. The minimum absolute atomic E-state index is 0.254. The molecule has 0 radical (unpaired) electrons. The Hall–Kier alpha value is -2.03. The van der Waals surface area contributed by atoms with Crippen molar-refractivity contribution < 1.29 is 14.3 Å². The molecule has 0 amide bonds. The molecular formula is C20H26O3. The number of hydrogen-bond donors (Lipinski definition) is 0. The fourth-order valence-corrected chi connectivity index (χ4v) is 2.41. The van der Waals surface area contributed by atoms with Crippen LogP contribution >= 0.6 is 0 Å². The van der Waals surface area contributed by atoms with Crippen molar-refractivity contribution in [2.75, 3.05) is 0 Å². The Morgan fingerprint density at radius 2 is 1.91 bits per heavy atom. The normalized spacial score (nSPS) is 20.0. The molecule has 0 spiro atoms. The minimum atomic E-state index is -0.560. The number of benzene rings is 1. The molecule has 1 aromatic rings. The van der Waals surface area contributed by atoms with Gasteiger partial charge in [-0.25, -0.2) is 0 Å². The first-order valence-corrected chi connectivity index (χ1v) is 7.97. The van der Waals surface area contributed by atoms with E-state index in [-0.39, 0.29) is 5.97 Å². The molecule has 1 heterocycles. The van der Waals surface area contributed by atoms with Crippen LogP contribution in [0.5, 0.6) is 5.75 Å². The summed E-state index contributed by atoms with van der Waals surface area (Å²) in [6.45, 7) is 11.8. The first-order chi connectivity index (χ1) is 10.6. The van der Waals surface area contributed by atoms with E-state index >= 15 is 0 Å². The van der Waals surface area contributed by atoms with Gasteiger partial charge in [-0.3, -0.25) is 4.79 Å². The highest BCUT2D eigenvalue weighted by atomic mass is 16.6. The molecule has 2 rings (SSSR count). The van der Waals surface area contributed by atoms with Crippen LogP contribution in [0.2, 0.25) is 0 Å². The number of carbonyl (C=O) groups is 1. The first-order valence-electron chi connectivity index (χ1n) is 7.97. The Kier molecular flexibility index (Phi) is 4.69. The van der Waals surface area contributed by atoms with E-state index in [2.05, 4.69) is 26.8 Å². The molecule has 0 fully saturated rings. The van der Waals surface area contributed by atoms with E-state index in [0.717, 1.165) is 17.7 Å². The topological polar surface area (TPSA) is 35.5 Å². The molecular weight excluding hydrogens is 288 g/mol. The number of esters is 1. The summed E-state index contributed by atoms with van der Waals surface area (Å²) < 4.78 is 11.4. The number of para-hydroxylation sites is 1. The van der Waals surface area contributed by atoms with E-state index in [1.165, 1.54) is 5.57 Å². The van der Waals surface area contributed by atoms with Gasteiger partial charge in [0.15, 0.2) is 5.76 Å². The van der Waals surface area contributed by atoms with Crippen molar-refractivity contribution in [2.45, 2.75) is 53.4 Å². The summed E-state index contributed by atoms with van der Waals surface area (Å²) in [7, 11) is 0. The second-order valence-corrected chi connectivity index (χ2v) is 7.55. The molecule has 3 heteroatoms. The Morgan fingerprint density at radius 1 is 1.26 bits per heavy atom. The lowest BCUT2D eigenvalue weighted by atomic mass is 9.76. The van der Waals surface area contributed by atoms with Gasteiger partial charge in [0, 0.05) is 5.56 Å². The van der Waals surface area contributed by atoms with E-state index < -0.39 is 10.8 Å². The summed E-state index contributed by atoms with van der Waals surface area (Å²) >= 11 is 0. The molecule has 0 aromatic heterocycles. The van der Waals surface area contributed by atoms with Gasteiger partial charge in [0.05, 0.1) is 10.8 Å². The van der Waals surface area contributed by atoms with Crippen molar-refractivity contribution in [1.82, 2.24) is 0 Å². The maximum atomic E-state index is 12.3. The molecule has 0 aliphatic carbocycles. The largest absolute Gasteiger partial charge is 0.461 e. The highest BCUT2D eigenvalue weighted by molar-refractivity contribution is 5.77. The monoisotopic (exact) mass is 314 g/mol. The average Bonchev–Trinajstić information content (AvgIpc) is 2.47. The second-order valence-electron chi connectivity index (χ2n) is 7.55. The smallest absolute Gasteiger partial charge is 0.316 e. The van der Waals surface area contributed by atoms with Crippen LogP contribution in [0.15, 0.2) is 47.9 Å². The zero-order valence-electron chi connectivity index (χ0n) is 14.9. The van der Waals surface area contributed by atoms with Crippen LogP contribution in [0.25, 0.3) is 0 Å². The molecule has 0 bridgehead atoms. The summed E-state index contributed by atoms with van der Waals surface area (Å²) in [4.78, 5) is 12.3. The molecule has 0 N–H and O–H groups in total. The Bertz CT molecular complexity index is 658. The van der Waals surface area contributed by atoms with Crippen LogP contribution in [0.3, 0.4) is 0 Å². The van der Waals surface area contributed by atoms with E-state index in [9.17, 15) is 4.79 Å². The number of rotatable bonds is 3.